The smallest absolute Gasteiger partial charge is 0.123 e. The number of hydrogen-bond acceptors (Lipinski definition) is 1. The molecule has 1 aliphatic rings. The summed E-state index contributed by atoms with van der Waals surface area (Å²) in [5.41, 5.74) is 1.12. The van der Waals surface area contributed by atoms with E-state index < -0.39 is 0 Å². The highest BCUT2D eigenvalue weighted by atomic mass is 19.1. The second-order valence-corrected chi connectivity index (χ2v) is 6.16. The van der Waals surface area contributed by atoms with Gasteiger partial charge in [0.2, 0.25) is 0 Å². The summed E-state index contributed by atoms with van der Waals surface area (Å²) in [5, 5.41) is 3.58. The highest BCUT2D eigenvalue weighted by Gasteiger charge is 2.27. The molecule has 0 aromatic heterocycles. The molecule has 0 aliphatic heterocycles. The average molecular weight is 277 g/mol. The third-order valence-electron chi connectivity index (χ3n) is 4.69. The lowest BCUT2D eigenvalue weighted by molar-refractivity contribution is 0.215. The Labute approximate surface area is 123 Å². The predicted octanol–water partition coefficient (Wildman–Crippen LogP) is 5.08. The molecule has 1 nitrogen and oxygen atoms in total. The van der Waals surface area contributed by atoms with Gasteiger partial charge in [0.05, 0.1) is 0 Å². The molecule has 0 saturated heterocycles. The van der Waals surface area contributed by atoms with Gasteiger partial charge in [-0.1, -0.05) is 51.7 Å². The fourth-order valence-corrected chi connectivity index (χ4v) is 3.70. The maximum absolute atomic E-state index is 13.5. The van der Waals surface area contributed by atoms with Crippen LogP contribution in [0.1, 0.15) is 64.0 Å². The molecule has 1 aliphatic carbocycles. The summed E-state index contributed by atoms with van der Waals surface area (Å²) in [6.07, 6.45) is 7.91. The van der Waals surface area contributed by atoms with Gasteiger partial charge in [-0.3, -0.25) is 0 Å². The van der Waals surface area contributed by atoms with Crippen LogP contribution in [0.2, 0.25) is 0 Å². The number of rotatable bonds is 6. The third-order valence-corrected chi connectivity index (χ3v) is 4.69. The first-order chi connectivity index (χ1) is 9.74. The van der Waals surface area contributed by atoms with E-state index in [2.05, 4.69) is 25.2 Å². The Morgan fingerprint density at radius 1 is 1.20 bits per heavy atom. The molecule has 1 atom stereocenters. The summed E-state index contributed by atoms with van der Waals surface area (Å²) >= 11 is 0. The van der Waals surface area contributed by atoms with Crippen molar-refractivity contribution >= 4 is 0 Å². The summed E-state index contributed by atoms with van der Waals surface area (Å²) in [5.74, 6) is 1.46. The Morgan fingerprint density at radius 2 is 1.95 bits per heavy atom. The molecule has 1 aromatic carbocycles. The van der Waals surface area contributed by atoms with Gasteiger partial charge in [-0.25, -0.2) is 4.39 Å². The summed E-state index contributed by atoms with van der Waals surface area (Å²) < 4.78 is 13.5. The molecule has 112 valence electrons. The lowest BCUT2D eigenvalue weighted by atomic mass is 9.75. The minimum Gasteiger partial charge on any atom is -0.310 e. The van der Waals surface area contributed by atoms with Gasteiger partial charge in [0.25, 0.3) is 0 Å². The molecule has 0 spiro atoms. The van der Waals surface area contributed by atoms with Crippen LogP contribution in [-0.2, 0) is 0 Å². The molecule has 1 N–H and O–H groups in total. The van der Waals surface area contributed by atoms with Crippen molar-refractivity contribution < 1.29 is 4.39 Å². The minimum absolute atomic E-state index is 0.120. The van der Waals surface area contributed by atoms with Crippen LogP contribution in [0.15, 0.2) is 24.3 Å². The van der Waals surface area contributed by atoms with Crippen molar-refractivity contribution in [1.82, 2.24) is 5.32 Å². The van der Waals surface area contributed by atoms with Gasteiger partial charge in [-0.2, -0.15) is 0 Å². The van der Waals surface area contributed by atoms with Crippen molar-refractivity contribution in [2.75, 3.05) is 6.54 Å². The average Bonchev–Trinajstić information content (AvgIpc) is 2.46. The van der Waals surface area contributed by atoms with Crippen LogP contribution < -0.4 is 5.32 Å². The van der Waals surface area contributed by atoms with E-state index in [1.54, 1.807) is 6.07 Å². The monoisotopic (exact) mass is 277 g/mol. The van der Waals surface area contributed by atoms with E-state index >= 15 is 0 Å². The molecule has 1 fully saturated rings. The first kappa shape index (κ1) is 15.5. The molecule has 0 heterocycles. The summed E-state index contributed by atoms with van der Waals surface area (Å²) in [6, 6.07) is 7.45. The maximum atomic E-state index is 13.5. The van der Waals surface area contributed by atoms with Gasteiger partial charge in [0.1, 0.15) is 5.82 Å². The zero-order valence-electron chi connectivity index (χ0n) is 12.9. The zero-order chi connectivity index (χ0) is 14.4. The van der Waals surface area contributed by atoms with Gasteiger partial charge >= 0.3 is 0 Å². The van der Waals surface area contributed by atoms with Crippen molar-refractivity contribution in [2.45, 2.75) is 58.4 Å². The maximum Gasteiger partial charge on any atom is 0.123 e. The van der Waals surface area contributed by atoms with Crippen LogP contribution in [0.3, 0.4) is 0 Å². The van der Waals surface area contributed by atoms with Gasteiger partial charge in [-0.05, 0) is 48.9 Å². The van der Waals surface area contributed by atoms with Crippen molar-refractivity contribution in [2.24, 2.45) is 11.8 Å². The second-order valence-electron chi connectivity index (χ2n) is 6.16. The fourth-order valence-electron chi connectivity index (χ4n) is 3.70. The molecule has 1 unspecified atom stereocenters. The van der Waals surface area contributed by atoms with E-state index in [0.717, 1.165) is 18.0 Å². The van der Waals surface area contributed by atoms with E-state index in [1.807, 2.05) is 6.07 Å². The van der Waals surface area contributed by atoms with E-state index in [-0.39, 0.29) is 5.82 Å². The van der Waals surface area contributed by atoms with Crippen LogP contribution >= 0.6 is 0 Å². The minimum atomic E-state index is -0.120. The molecule has 2 heteroatoms. The lowest BCUT2D eigenvalue weighted by Gasteiger charge is -2.34. The molecule has 0 radical (unpaired) electrons. The molecule has 2 rings (SSSR count). The molecule has 0 bridgehead atoms. The molecular weight excluding hydrogens is 249 g/mol. The van der Waals surface area contributed by atoms with E-state index in [0.29, 0.717) is 12.0 Å². The Kier molecular flexibility index (Phi) is 6.03. The predicted molar refractivity (Wildman–Crippen MR) is 83.2 cm³/mol. The van der Waals surface area contributed by atoms with Gasteiger partial charge in [0, 0.05) is 6.04 Å². The van der Waals surface area contributed by atoms with Crippen LogP contribution in [0.25, 0.3) is 0 Å². The van der Waals surface area contributed by atoms with E-state index in [4.69, 9.17) is 0 Å². The van der Waals surface area contributed by atoms with Crippen LogP contribution in [0.4, 0.5) is 4.39 Å². The van der Waals surface area contributed by atoms with Crippen molar-refractivity contribution in [3.63, 3.8) is 0 Å². The topological polar surface area (TPSA) is 12.0 Å². The van der Waals surface area contributed by atoms with Crippen molar-refractivity contribution in [3.05, 3.63) is 35.6 Å². The van der Waals surface area contributed by atoms with Gasteiger partial charge in [0.15, 0.2) is 0 Å². The zero-order valence-corrected chi connectivity index (χ0v) is 12.9. The number of hydrogen-bond donors (Lipinski definition) is 1. The highest BCUT2D eigenvalue weighted by Crippen LogP contribution is 2.38. The lowest BCUT2D eigenvalue weighted by Crippen LogP contribution is -2.31. The Morgan fingerprint density at radius 3 is 2.55 bits per heavy atom. The standard InChI is InChI=1S/C18H28FN/c1-3-6-14-9-11-15(12-10-14)18(20-4-2)16-7-5-8-17(19)13-16/h5,7-8,13-15,18,20H,3-4,6,9-12H2,1-2H3. The van der Waals surface area contributed by atoms with Crippen LogP contribution in [0, 0.1) is 17.7 Å². The summed E-state index contributed by atoms with van der Waals surface area (Å²) in [6.45, 7) is 5.35. The van der Waals surface area contributed by atoms with Crippen LogP contribution in [0.5, 0.6) is 0 Å². The Balaban J connectivity index is 2.02. The first-order valence-electron chi connectivity index (χ1n) is 8.23. The quantitative estimate of drug-likeness (QED) is 0.764. The van der Waals surface area contributed by atoms with Crippen molar-refractivity contribution in [3.8, 4) is 0 Å². The number of benzene rings is 1. The largest absolute Gasteiger partial charge is 0.310 e. The Hall–Kier alpha value is -0.890. The summed E-state index contributed by atoms with van der Waals surface area (Å²) in [7, 11) is 0. The highest BCUT2D eigenvalue weighted by molar-refractivity contribution is 5.21. The molecule has 0 amide bonds. The normalized spacial score (nSPS) is 24.6. The first-order valence-corrected chi connectivity index (χ1v) is 8.23. The summed E-state index contributed by atoms with van der Waals surface area (Å²) in [4.78, 5) is 0. The van der Waals surface area contributed by atoms with Crippen molar-refractivity contribution in [1.29, 1.82) is 0 Å². The molecular formula is C18H28FN. The molecule has 1 saturated carbocycles. The third kappa shape index (κ3) is 4.05. The van der Waals surface area contributed by atoms with E-state index in [9.17, 15) is 4.39 Å². The fraction of sp³-hybridized carbons (Fsp3) is 0.667. The van der Waals surface area contributed by atoms with Crippen LogP contribution in [-0.4, -0.2) is 6.54 Å². The molecule has 1 aromatic rings. The second kappa shape index (κ2) is 7.78. The SMILES string of the molecule is CCCC1CCC(C(NCC)c2cccc(F)c2)CC1. The Bertz CT molecular complexity index is 396. The number of halogens is 1. The van der Waals surface area contributed by atoms with Gasteiger partial charge in [-0.15, -0.1) is 0 Å². The van der Waals surface area contributed by atoms with E-state index in [1.165, 1.54) is 44.6 Å². The molecule has 20 heavy (non-hydrogen) atoms. The van der Waals surface area contributed by atoms with Gasteiger partial charge < -0.3 is 5.32 Å². The number of nitrogens with one attached hydrogen (secondary N) is 1.